The number of benzene rings is 2. The van der Waals surface area contributed by atoms with Gasteiger partial charge in [0, 0.05) is 22.5 Å². The fourth-order valence-corrected chi connectivity index (χ4v) is 3.25. The molecule has 2 heterocycles. The van der Waals surface area contributed by atoms with Crippen molar-refractivity contribution in [3.05, 3.63) is 72.1 Å². The van der Waals surface area contributed by atoms with Crippen LogP contribution in [0.1, 0.15) is 0 Å². The van der Waals surface area contributed by atoms with Crippen LogP contribution in [0.15, 0.2) is 72.1 Å². The average molecular weight is 344 g/mol. The van der Waals surface area contributed by atoms with E-state index in [0.29, 0.717) is 5.82 Å². The van der Waals surface area contributed by atoms with E-state index in [9.17, 15) is 0 Å². The van der Waals surface area contributed by atoms with Gasteiger partial charge in [0.15, 0.2) is 5.82 Å². The maximum absolute atomic E-state index is 5.80. The third-order valence-electron chi connectivity index (χ3n) is 3.88. The lowest BCUT2D eigenvalue weighted by atomic mass is 10.1. The van der Waals surface area contributed by atoms with E-state index in [1.54, 1.807) is 11.3 Å². The molecule has 0 unspecified atom stereocenters. The van der Waals surface area contributed by atoms with Crippen molar-refractivity contribution in [1.29, 1.82) is 0 Å². The van der Waals surface area contributed by atoms with E-state index in [4.69, 9.17) is 21.4 Å². The highest BCUT2D eigenvalue weighted by atomic mass is 32.1. The van der Waals surface area contributed by atoms with Crippen LogP contribution in [-0.4, -0.2) is 9.97 Å². The zero-order valence-electron chi connectivity index (χ0n) is 13.4. The summed E-state index contributed by atoms with van der Waals surface area (Å²) in [5.74, 6) is 0.678. The van der Waals surface area contributed by atoms with Crippen LogP contribution in [0.25, 0.3) is 33.2 Å². The van der Waals surface area contributed by atoms with Gasteiger partial charge in [-0.2, -0.15) is 0 Å². The smallest absolute Gasteiger partial charge is 0.160 e. The topological polar surface area (TPSA) is 77.8 Å². The van der Waals surface area contributed by atoms with E-state index in [1.165, 1.54) is 0 Å². The molecule has 0 amide bonds. The van der Waals surface area contributed by atoms with Gasteiger partial charge in [-0.05, 0) is 53.9 Å². The quantitative estimate of drug-likeness (QED) is 0.528. The first kappa shape index (κ1) is 15.4. The van der Waals surface area contributed by atoms with Crippen LogP contribution in [0.5, 0.6) is 0 Å². The summed E-state index contributed by atoms with van der Waals surface area (Å²) >= 11 is 1.66. The number of aromatic nitrogens is 2. The fourth-order valence-electron chi connectivity index (χ4n) is 2.56. The Balaban J connectivity index is 1.88. The molecule has 0 saturated heterocycles. The minimum atomic E-state index is 0.678. The lowest BCUT2D eigenvalue weighted by Gasteiger charge is -2.08. The molecule has 0 spiro atoms. The number of nitrogens with zero attached hydrogens (tertiary/aromatic N) is 2. The lowest BCUT2D eigenvalue weighted by Crippen LogP contribution is -1.95. The van der Waals surface area contributed by atoms with Crippen molar-refractivity contribution in [2.75, 3.05) is 11.5 Å². The van der Waals surface area contributed by atoms with Crippen LogP contribution in [0, 0.1) is 0 Å². The normalized spacial score (nSPS) is 10.7. The summed E-state index contributed by atoms with van der Waals surface area (Å²) in [7, 11) is 0. The van der Waals surface area contributed by atoms with Crippen molar-refractivity contribution >= 4 is 22.7 Å². The highest BCUT2D eigenvalue weighted by Crippen LogP contribution is 2.30. The Morgan fingerprint density at radius 1 is 0.680 bits per heavy atom. The van der Waals surface area contributed by atoms with Gasteiger partial charge in [0.05, 0.1) is 16.3 Å². The van der Waals surface area contributed by atoms with Gasteiger partial charge in [-0.1, -0.05) is 18.2 Å². The molecule has 2 aromatic carbocycles. The first-order valence-electron chi connectivity index (χ1n) is 7.84. The molecule has 25 heavy (non-hydrogen) atoms. The molecular weight excluding hydrogens is 328 g/mol. The van der Waals surface area contributed by atoms with Crippen molar-refractivity contribution in [2.45, 2.75) is 0 Å². The number of hydrogen-bond donors (Lipinski definition) is 2. The van der Waals surface area contributed by atoms with Crippen molar-refractivity contribution in [3.8, 4) is 33.2 Å². The molecule has 4 N–H and O–H groups in total. The molecule has 0 aliphatic carbocycles. The van der Waals surface area contributed by atoms with Gasteiger partial charge in [-0.15, -0.1) is 11.3 Å². The third-order valence-corrected chi connectivity index (χ3v) is 4.77. The summed E-state index contributed by atoms with van der Waals surface area (Å²) in [6.07, 6.45) is 0. The van der Waals surface area contributed by atoms with Gasteiger partial charge in [0.2, 0.25) is 0 Å². The zero-order valence-corrected chi connectivity index (χ0v) is 14.2. The van der Waals surface area contributed by atoms with Crippen LogP contribution >= 0.6 is 11.3 Å². The minimum Gasteiger partial charge on any atom is -0.399 e. The Bertz CT molecular complexity index is 927. The molecule has 4 aromatic rings. The van der Waals surface area contributed by atoms with Crippen LogP contribution < -0.4 is 11.5 Å². The van der Waals surface area contributed by atoms with Crippen LogP contribution in [0.4, 0.5) is 11.4 Å². The molecule has 122 valence electrons. The maximum Gasteiger partial charge on any atom is 0.160 e. The molecule has 0 bridgehead atoms. The molecule has 0 atom stereocenters. The van der Waals surface area contributed by atoms with Crippen molar-refractivity contribution in [2.24, 2.45) is 0 Å². The van der Waals surface area contributed by atoms with Crippen LogP contribution in [-0.2, 0) is 0 Å². The summed E-state index contributed by atoms with van der Waals surface area (Å²) < 4.78 is 0. The number of nitrogen functional groups attached to an aromatic ring is 2. The fraction of sp³-hybridized carbons (Fsp3) is 0. The Morgan fingerprint density at radius 3 is 1.88 bits per heavy atom. The van der Waals surface area contributed by atoms with E-state index in [-0.39, 0.29) is 0 Å². The number of anilines is 2. The first-order chi connectivity index (χ1) is 12.2. The molecule has 0 radical (unpaired) electrons. The first-order valence-corrected chi connectivity index (χ1v) is 8.72. The maximum atomic E-state index is 5.80. The Hall–Kier alpha value is -3.18. The number of hydrogen-bond acceptors (Lipinski definition) is 5. The minimum absolute atomic E-state index is 0.678. The molecular formula is C20H16N4S. The number of nitrogens with two attached hydrogens (primary N) is 2. The van der Waals surface area contributed by atoms with Crippen molar-refractivity contribution in [1.82, 2.24) is 9.97 Å². The largest absolute Gasteiger partial charge is 0.399 e. The van der Waals surface area contributed by atoms with Gasteiger partial charge in [-0.25, -0.2) is 9.97 Å². The monoisotopic (exact) mass is 344 g/mol. The molecule has 0 aliphatic rings. The van der Waals surface area contributed by atoms with E-state index in [2.05, 4.69) is 6.07 Å². The van der Waals surface area contributed by atoms with Gasteiger partial charge in [-0.3, -0.25) is 0 Å². The molecule has 2 aromatic heterocycles. The van der Waals surface area contributed by atoms with E-state index < -0.39 is 0 Å². The molecule has 4 rings (SSSR count). The summed E-state index contributed by atoms with van der Waals surface area (Å²) in [4.78, 5) is 10.6. The predicted molar refractivity (Wildman–Crippen MR) is 105 cm³/mol. The number of thiophene rings is 1. The highest BCUT2D eigenvalue weighted by Gasteiger charge is 2.11. The Labute approximate surface area is 149 Å². The Kier molecular flexibility index (Phi) is 3.91. The predicted octanol–water partition coefficient (Wildman–Crippen LogP) is 4.70. The third kappa shape index (κ3) is 3.22. The summed E-state index contributed by atoms with van der Waals surface area (Å²) in [5, 5.41) is 2.04. The summed E-state index contributed by atoms with van der Waals surface area (Å²) in [6, 6.07) is 21.4. The lowest BCUT2D eigenvalue weighted by molar-refractivity contribution is 1.19. The molecule has 0 fully saturated rings. The van der Waals surface area contributed by atoms with Crippen LogP contribution in [0.3, 0.4) is 0 Å². The second-order valence-electron chi connectivity index (χ2n) is 5.68. The standard InChI is InChI=1S/C20H16N4S/c21-15-7-3-13(4-8-15)17-12-18(19-2-1-11-25-19)24-20(23-17)14-5-9-16(22)10-6-14/h1-12H,21-22H2. The highest BCUT2D eigenvalue weighted by molar-refractivity contribution is 7.13. The van der Waals surface area contributed by atoms with E-state index in [0.717, 1.165) is 38.8 Å². The zero-order chi connectivity index (χ0) is 17.2. The Morgan fingerprint density at radius 2 is 1.28 bits per heavy atom. The molecule has 0 aliphatic heterocycles. The SMILES string of the molecule is Nc1ccc(-c2cc(-c3cccs3)nc(-c3ccc(N)cc3)n2)cc1. The second kappa shape index (κ2) is 6.37. The van der Waals surface area contributed by atoms with Gasteiger partial charge in [0.25, 0.3) is 0 Å². The van der Waals surface area contributed by atoms with E-state index in [1.807, 2.05) is 66.0 Å². The van der Waals surface area contributed by atoms with Gasteiger partial charge < -0.3 is 11.5 Å². The molecule has 5 heteroatoms. The summed E-state index contributed by atoms with van der Waals surface area (Å²) in [5.41, 5.74) is 16.8. The van der Waals surface area contributed by atoms with Gasteiger partial charge in [0.1, 0.15) is 0 Å². The van der Waals surface area contributed by atoms with Crippen molar-refractivity contribution in [3.63, 3.8) is 0 Å². The summed E-state index contributed by atoms with van der Waals surface area (Å²) in [6.45, 7) is 0. The average Bonchev–Trinajstić information content (AvgIpc) is 3.17. The number of rotatable bonds is 3. The second-order valence-corrected chi connectivity index (χ2v) is 6.63. The van der Waals surface area contributed by atoms with Crippen LogP contribution in [0.2, 0.25) is 0 Å². The van der Waals surface area contributed by atoms with E-state index >= 15 is 0 Å². The molecule has 0 saturated carbocycles. The molecule has 4 nitrogen and oxygen atoms in total. The van der Waals surface area contributed by atoms with Crippen molar-refractivity contribution < 1.29 is 0 Å². The van der Waals surface area contributed by atoms with Gasteiger partial charge >= 0.3 is 0 Å².